The molecule has 0 spiro atoms. The molecule has 2 aromatic carbocycles. The van der Waals surface area contributed by atoms with E-state index in [-0.39, 0.29) is 6.42 Å². The minimum absolute atomic E-state index is 0.205. The van der Waals surface area contributed by atoms with Crippen LogP contribution >= 0.6 is 0 Å². The Morgan fingerprint density at radius 2 is 1.61 bits per heavy atom. The largest absolute Gasteiger partial charge is 0.501 e. The third-order valence-electron chi connectivity index (χ3n) is 3.54. The topological polar surface area (TPSA) is 55.8 Å². The highest BCUT2D eigenvalue weighted by molar-refractivity contribution is 5.82. The molecule has 0 fully saturated rings. The van der Waals surface area contributed by atoms with Crippen molar-refractivity contribution in [1.29, 1.82) is 0 Å². The van der Waals surface area contributed by atoms with E-state index in [0.717, 1.165) is 16.7 Å². The molecule has 1 unspecified atom stereocenters. The van der Waals surface area contributed by atoms with Gasteiger partial charge in [-0.15, -0.1) is 0 Å². The van der Waals surface area contributed by atoms with Crippen molar-refractivity contribution in [3.8, 4) is 11.1 Å². The molecule has 23 heavy (non-hydrogen) atoms. The summed E-state index contributed by atoms with van der Waals surface area (Å²) in [6, 6.07) is 17.7. The van der Waals surface area contributed by atoms with Crippen LogP contribution in [0.1, 0.15) is 18.1 Å². The van der Waals surface area contributed by atoms with Gasteiger partial charge in [-0.05, 0) is 16.7 Å². The van der Waals surface area contributed by atoms with Crippen molar-refractivity contribution >= 4 is 5.97 Å². The van der Waals surface area contributed by atoms with E-state index in [1.54, 1.807) is 0 Å². The molecule has 0 saturated heterocycles. The first-order valence-electron chi connectivity index (χ1n) is 7.30. The van der Waals surface area contributed by atoms with Crippen molar-refractivity contribution in [3.63, 3.8) is 0 Å². The highest BCUT2D eigenvalue weighted by Crippen LogP contribution is 2.25. The Labute approximate surface area is 136 Å². The highest BCUT2D eigenvalue weighted by atomic mass is 16.5. The van der Waals surface area contributed by atoms with E-state index in [1.165, 1.54) is 20.3 Å². The first-order chi connectivity index (χ1) is 11.1. The number of methoxy groups -OCH3 is 2. The monoisotopic (exact) mass is 312 g/mol. The highest BCUT2D eigenvalue weighted by Gasteiger charge is 2.12. The van der Waals surface area contributed by atoms with Crippen LogP contribution < -0.4 is 0 Å². The number of hydrogen-bond donors (Lipinski definition) is 1. The van der Waals surface area contributed by atoms with Crippen LogP contribution in [0.3, 0.4) is 0 Å². The summed E-state index contributed by atoms with van der Waals surface area (Å²) in [6.07, 6.45) is 0.688. The van der Waals surface area contributed by atoms with Crippen LogP contribution in [0.2, 0.25) is 0 Å². The lowest BCUT2D eigenvalue weighted by Crippen LogP contribution is -2.04. The van der Waals surface area contributed by atoms with Gasteiger partial charge in [0.15, 0.2) is 0 Å². The Hall–Kier alpha value is -2.59. The summed E-state index contributed by atoms with van der Waals surface area (Å²) in [4.78, 5) is 11.2. The van der Waals surface area contributed by atoms with Crippen molar-refractivity contribution in [2.45, 2.75) is 12.5 Å². The summed E-state index contributed by atoms with van der Waals surface area (Å²) in [5, 5.41) is 10.3. The van der Waals surface area contributed by atoms with Crippen molar-refractivity contribution < 1.29 is 19.4 Å². The van der Waals surface area contributed by atoms with Crippen LogP contribution in [0.4, 0.5) is 0 Å². The molecule has 2 aromatic rings. The summed E-state index contributed by atoms with van der Waals surface area (Å²) in [6.45, 7) is 0. The summed E-state index contributed by atoms with van der Waals surface area (Å²) in [7, 11) is 2.75. The molecule has 0 heterocycles. The van der Waals surface area contributed by atoms with Crippen LogP contribution in [0.15, 0.2) is 66.4 Å². The number of carbonyl (C=O) groups is 1. The third-order valence-corrected chi connectivity index (χ3v) is 3.54. The number of hydrogen-bond acceptors (Lipinski definition) is 4. The van der Waals surface area contributed by atoms with Gasteiger partial charge in [-0.1, -0.05) is 54.6 Å². The van der Waals surface area contributed by atoms with E-state index in [9.17, 15) is 9.90 Å². The first kappa shape index (κ1) is 16.8. The average Bonchev–Trinajstić information content (AvgIpc) is 2.61. The minimum Gasteiger partial charge on any atom is -0.501 e. The zero-order chi connectivity index (χ0) is 16.7. The van der Waals surface area contributed by atoms with E-state index < -0.39 is 12.1 Å². The first-order valence-corrected chi connectivity index (χ1v) is 7.30. The van der Waals surface area contributed by atoms with Crippen LogP contribution in [0.5, 0.6) is 0 Å². The Bertz CT molecular complexity index is 660. The van der Waals surface area contributed by atoms with E-state index in [0.29, 0.717) is 5.76 Å². The van der Waals surface area contributed by atoms with Gasteiger partial charge in [0.25, 0.3) is 0 Å². The fourth-order valence-electron chi connectivity index (χ4n) is 2.23. The van der Waals surface area contributed by atoms with Crippen molar-refractivity contribution in [1.82, 2.24) is 0 Å². The van der Waals surface area contributed by atoms with Crippen molar-refractivity contribution in [2.24, 2.45) is 0 Å². The molecule has 4 nitrogen and oxygen atoms in total. The maximum atomic E-state index is 11.2. The Balaban J connectivity index is 2.09. The van der Waals surface area contributed by atoms with Crippen molar-refractivity contribution in [2.75, 3.05) is 14.2 Å². The number of ether oxygens (including phenoxy) is 2. The van der Waals surface area contributed by atoms with Crippen LogP contribution in [-0.4, -0.2) is 25.3 Å². The zero-order valence-corrected chi connectivity index (χ0v) is 13.2. The quantitative estimate of drug-likeness (QED) is 0.504. The van der Waals surface area contributed by atoms with Crippen LogP contribution in [-0.2, 0) is 14.3 Å². The molecule has 0 bridgehead atoms. The smallest absolute Gasteiger partial charge is 0.333 e. The van der Waals surface area contributed by atoms with Crippen LogP contribution in [0, 0.1) is 0 Å². The number of aliphatic hydroxyl groups is 1. The molecule has 0 amide bonds. The summed E-state index contributed by atoms with van der Waals surface area (Å²) in [5.41, 5.74) is 2.97. The molecular weight excluding hydrogens is 292 g/mol. The molecular formula is C19H20O4. The molecule has 0 aliphatic rings. The van der Waals surface area contributed by atoms with Gasteiger partial charge < -0.3 is 14.6 Å². The molecule has 0 aliphatic carbocycles. The van der Waals surface area contributed by atoms with Gasteiger partial charge in [0.2, 0.25) is 0 Å². The fourth-order valence-corrected chi connectivity index (χ4v) is 2.23. The second-order valence-corrected chi connectivity index (χ2v) is 5.05. The SMILES string of the molecule is COC(=O)/C=C(\CC(O)c1ccc(-c2ccccc2)cc1)OC. The molecule has 120 valence electrons. The maximum absolute atomic E-state index is 11.2. The van der Waals surface area contributed by atoms with Gasteiger partial charge in [0, 0.05) is 6.42 Å². The van der Waals surface area contributed by atoms with E-state index >= 15 is 0 Å². The third kappa shape index (κ3) is 4.69. The summed E-state index contributed by atoms with van der Waals surface area (Å²) >= 11 is 0. The van der Waals surface area contributed by atoms with E-state index in [1.807, 2.05) is 54.6 Å². The van der Waals surface area contributed by atoms with Gasteiger partial charge in [-0.2, -0.15) is 0 Å². The van der Waals surface area contributed by atoms with Gasteiger partial charge in [0.1, 0.15) is 5.76 Å². The molecule has 2 rings (SSSR count). The van der Waals surface area contributed by atoms with E-state index in [2.05, 4.69) is 4.74 Å². The predicted molar refractivity (Wildman–Crippen MR) is 88.6 cm³/mol. The predicted octanol–water partition coefficient (Wildman–Crippen LogP) is 3.48. The molecule has 4 heteroatoms. The fraction of sp³-hybridized carbons (Fsp3) is 0.211. The minimum atomic E-state index is -0.754. The number of benzene rings is 2. The normalized spacial score (nSPS) is 12.6. The zero-order valence-electron chi connectivity index (χ0n) is 13.2. The molecule has 1 N–H and O–H groups in total. The average molecular weight is 312 g/mol. The molecule has 0 aromatic heterocycles. The molecule has 0 radical (unpaired) electrons. The van der Waals surface area contributed by atoms with Gasteiger partial charge in [-0.3, -0.25) is 0 Å². The van der Waals surface area contributed by atoms with Gasteiger partial charge in [0.05, 0.1) is 26.4 Å². The lowest BCUT2D eigenvalue weighted by atomic mass is 10.0. The Morgan fingerprint density at radius 1 is 1.00 bits per heavy atom. The lowest BCUT2D eigenvalue weighted by molar-refractivity contribution is -0.135. The number of carbonyl (C=O) groups excluding carboxylic acids is 1. The maximum Gasteiger partial charge on any atom is 0.333 e. The number of rotatable bonds is 6. The van der Waals surface area contributed by atoms with Crippen LogP contribution in [0.25, 0.3) is 11.1 Å². The second kappa shape index (κ2) is 8.15. The summed E-state index contributed by atoms with van der Waals surface area (Å²) < 4.78 is 9.67. The number of aliphatic hydroxyl groups excluding tert-OH is 1. The Morgan fingerprint density at radius 3 is 2.17 bits per heavy atom. The lowest BCUT2D eigenvalue weighted by Gasteiger charge is -2.13. The second-order valence-electron chi connectivity index (χ2n) is 5.05. The number of esters is 1. The van der Waals surface area contributed by atoms with Gasteiger partial charge >= 0.3 is 5.97 Å². The molecule has 0 aliphatic heterocycles. The summed E-state index contributed by atoms with van der Waals surface area (Å²) in [5.74, 6) is -0.134. The molecule has 1 atom stereocenters. The van der Waals surface area contributed by atoms with Gasteiger partial charge in [-0.25, -0.2) is 4.79 Å². The molecule has 0 saturated carbocycles. The standard InChI is InChI=1S/C19H20O4/c1-22-17(13-19(21)23-2)12-18(20)16-10-8-15(9-11-16)14-6-4-3-5-7-14/h3-11,13,18,20H,12H2,1-2H3/b17-13+. The van der Waals surface area contributed by atoms with E-state index in [4.69, 9.17) is 4.74 Å². The van der Waals surface area contributed by atoms with Crippen molar-refractivity contribution in [3.05, 3.63) is 72.0 Å². The Kier molecular flexibility index (Phi) is 5.94.